The number of hydrogen-bond acceptors (Lipinski definition) is 6. The van der Waals surface area contributed by atoms with Gasteiger partial charge in [0.25, 0.3) is 0 Å². The molecule has 0 spiro atoms. The number of hydrogen-bond donors (Lipinski definition) is 0. The molecule has 0 saturated carbocycles. The van der Waals surface area contributed by atoms with E-state index in [1.54, 1.807) is 30.3 Å². The van der Waals surface area contributed by atoms with E-state index in [0.717, 1.165) is 0 Å². The molecule has 1 aromatic rings. The molecule has 8 heteroatoms. The van der Waals surface area contributed by atoms with E-state index in [9.17, 15) is 8.42 Å². The standard InChI is InChI=1S/C14H19NO5SSi/c1-10-13-14(21(16,17)11-7-5-4-6-8-11)12(22(2,3)20-13)9-18-15(14)19-10/h4-8,10,12-13H,9H2,1-3H3/t10-,12-,13+,14-/m0/s1. The summed E-state index contributed by atoms with van der Waals surface area (Å²) in [5, 5.41) is 1.22. The van der Waals surface area contributed by atoms with Gasteiger partial charge in [-0.25, -0.2) is 8.42 Å². The molecule has 3 saturated heterocycles. The van der Waals surface area contributed by atoms with Gasteiger partial charge in [0.1, 0.15) is 12.2 Å². The molecule has 0 aromatic heterocycles. The van der Waals surface area contributed by atoms with E-state index in [-0.39, 0.29) is 16.5 Å². The molecule has 120 valence electrons. The quantitative estimate of drug-likeness (QED) is 0.763. The first-order valence-electron chi connectivity index (χ1n) is 7.39. The van der Waals surface area contributed by atoms with Gasteiger partial charge < -0.3 is 4.43 Å². The molecule has 1 aromatic carbocycles. The Morgan fingerprint density at radius 3 is 2.64 bits per heavy atom. The molecule has 6 nitrogen and oxygen atoms in total. The first-order valence-corrected chi connectivity index (χ1v) is 11.9. The largest absolute Gasteiger partial charge is 0.408 e. The smallest absolute Gasteiger partial charge is 0.210 e. The van der Waals surface area contributed by atoms with Crippen LogP contribution in [0.2, 0.25) is 18.6 Å². The van der Waals surface area contributed by atoms with Crippen LogP contribution in [0.5, 0.6) is 0 Å². The van der Waals surface area contributed by atoms with Crippen molar-refractivity contribution in [3.63, 3.8) is 0 Å². The van der Waals surface area contributed by atoms with Gasteiger partial charge in [0, 0.05) is 5.54 Å². The average Bonchev–Trinajstić information content (AvgIpc) is 3.05. The summed E-state index contributed by atoms with van der Waals surface area (Å²) in [6.45, 7) is 6.27. The molecule has 3 heterocycles. The SMILES string of the molecule is C[C@@H]1ON2OC[C@H]3[C@]2(S(=O)(=O)c2ccccc2)[C@@H]1O[Si]3(C)C. The van der Waals surface area contributed by atoms with Crippen LogP contribution in [0.1, 0.15) is 6.92 Å². The van der Waals surface area contributed by atoms with Crippen LogP contribution in [0.15, 0.2) is 35.2 Å². The zero-order chi connectivity index (χ0) is 15.8. The summed E-state index contributed by atoms with van der Waals surface area (Å²) in [7, 11) is -5.90. The molecule has 3 aliphatic rings. The first-order chi connectivity index (χ1) is 10.3. The lowest BCUT2D eigenvalue weighted by Gasteiger charge is -2.30. The lowest BCUT2D eigenvalue weighted by atomic mass is 10.1. The highest BCUT2D eigenvalue weighted by Gasteiger charge is 2.79. The number of rotatable bonds is 2. The van der Waals surface area contributed by atoms with Crippen molar-refractivity contribution in [2.24, 2.45) is 0 Å². The fourth-order valence-electron chi connectivity index (χ4n) is 3.96. The van der Waals surface area contributed by atoms with Crippen molar-refractivity contribution in [3.8, 4) is 0 Å². The molecule has 0 radical (unpaired) electrons. The van der Waals surface area contributed by atoms with Crippen LogP contribution in [0.25, 0.3) is 0 Å². The Morgan fingerprint density at radius 2 is 1.95 bits per heavy atom. The Labute approximate surface area is 130 Å². The fraction of sp³-hybridized carbons (Fsp3) is 0.571. The van der Waals surface area contributed by atoms with Gasteiger partial charge in [-0.2, -0.15) is 0 Å². The third kappa shape index (κ3) is 1.55. The van der Waals surface area contributed by atoms with Gasteiger partial charge in [0.15, 0.2) is 8.32 Å². The van der Waals surface area contributed by atoms with Gasteiger partial charge in [0.05, 0.1) is 11.5 Å². The third-order valence-corrected chi connectivity index (χ3v) is 10.8. The van der Waals surface area contributed by atoms with E-state index in [4.69, 9.17) is 14.1 Å². The van der Waals surface area contributed by atoms with Gasteiger partial charge in [-0.3, -0.25) is 9.68 Å². The second-order valence-corrected chi connectivity index (χ2v) is 12.9. The Bertz CT molecular complexity index is 709. The van der Waals surface area contributed by atoms with E-state index < -0.39 is 29.1 Å². The summed E-state index contributed by atoms with van der Waals surface area (Å²) in [5.74, 6) is 0. The van der Waals surface area contributed by atoms with Gasteiger partial charge in [-0.1, -0.05) is 18.2 Å². The maximum Gasteiger partial charge on any atom is 0.210 e. The maximum atomic E-state index is 13.5. The van der Waals surface area contributed by atoms with Crippen molar-refractivity contribution >= 4 is 18.2 Å². The minimum Gasteiger partial charge on any atom is -0.408 e. The van der Waals surface area contributed by atoms with Crippen molar-refractivity contribution in [2.45, 2.75) is 47.5 Å². The normalized spacial score (nSPS) is 40.0. The topological polar surface area (TPSA) is 65.1 Å². The summed E-state index contributed by atoms with van der Waals surface area (Å²) < 4.78 is 33.2. The third-order valence-electron chi connectivity index (χ3n) is 4.99. The van der Waals surface area contributed by atoms with E-state index in [2.05, 4.69) is 13.1 Å². The van der Waals surface area contributed by atoms with Crippen molar-refractivity contribution in [3.05, 3.63) is 30.3 Å². The highest BCUT2D eigenvalue weighted by atomic mass is 32.2. The molecule has 0 aliphatic carbocycles. The van der Waals surface area contributed by atoms with Crippen molar-refractivity contribution in [1.82, 2.24) is 5.23 Å². The number of nitrogens with zero attached hydrogens (tertiary/aromatic N) is 1. The molecule has 3 fully saturated rings. The zero-order valence-corrected chi connectivity index (χ0v) is 14.5. The minimum absolute atomic E-state index is 0.180. The van der Waals surface area contributed by atoms with Crippen molar-refractivity contribution in [2.75, 3.05) is 6.61 Å². The second kappa shape index (κ2) is 4.40. The van der Waals surface area contributed by atoms with Crippen LogP contribution in [-0.4, -0.2) is 45.6 Å². The number of benzene rings is 1. The monoisotopic (exact) mass is 341 g/mol. The first kappa shape index (κ1) is 14.8. The molecule has 0 unspecified atom stereocenters. The maximum absolute atomic E-state index is 13.5. The predicted octanol–water partition coefficient (Wildman–Crippen LogP) is 1.71. The molecule has 0 bridgehead atoms. The van der Waals surface area contributed by atoms with Crippen LogP contribution >= 0.6 is 0 Å². The number of sulfone groups is 1. The molecule has 3 aliphatic heterocycles. The lowest BCUT2D eigenvalue weighted by molar-refractivity contribution is -0.345. The molecule has 0 N–H and O–H groups in total. The molecule has 0 amide bonds. The Balaban J connectivity index is 1.95. The zero-order valence-electron chi connectivity index (χ0n) is 12.7. The van der Waals surface area contributed by atoms with Gasteiger partial charge in [-0.05, 0) is 37.4 Å². The van der Waals surface area contributed by atoms with Crippen LogP contribution in [0.3, 0.4) is 0 Å². The highest BCUT2D eigenvalue weighted by Crippen LogP contribution is 2.61. The van der Waals surface area contributed by atoms with Crippen molar-refractivity contribution in [1.29, 1.82) is 0 Å². The molecular formula is C14H19NO5SSi. The highest BCUT2D eigenvalue weighted by molar-refractivity contribution is 7.93. The molecule has 4 atom stereocenters. The van der Waals surface area contributed by atoms with E-state index in [1.807, 2.05) is 6.92 Å². The summed E-state index contributed by atoms with van der Waals surface area (Å²) in [5.41, 5.74) is -0.180. The summed E-state index contributed by atoms with van der Waals surface area (Å²) in [4.78, 5) is 10.3. The molecule has 22 heavy (non-hydrogen) atoms. The van der Waals surface area contributed by atoms with Gasteiger partial charge >= 0.3 is 0 Å². The van der Waals surface area contributed by atoms with E-state index in [0.29, 0.717) is 6.61 Å². The molecular weight excluding hydrogens is 322 g/mol. The fourth-order valence-corrected chi connectivity index (χ4v) is 10.5. The summed E-state index contributed by atoms with van der Waals surface area (Å²) in [6, 6.07) is 8.51. The van der Waals surface area contributed by atoms with Crippen LogP contribution in [0, 0.1) is 0 Å². The van der Waals surface area contributed by atoms with Gasteiger partial charge in [0.2, 0.25) is 14.7 Å². The van der Waals surface area contributed by atoms with Crippen molar-refractivity contribution < 1.29 is 22.5 Å². The minimum atomic E-state index is -3.69. The van der Waals surface area contributed by atoms with Crippen LogP contribution in [0.4, 0.5) is 0 Å². The van der Waals surface area contributed by atoms with Crippen LogP contribution < -0.4 is 0 Å². The molecule has 4 rings (SSSR count). The Hall–Kier alpha value is -0.773. The lowest BCUT2D eigenvalue weighted by Crippen LogP contribution is -2.53. The summed E-state index contributed by atoms with van der Waals surface area (Å²) >= 11 is 0. The summed E-state index contributed by atoms with van der Waals surface area (Å²) in [6.07, 6.45) is -0.873. The van der Waals surface area contributed by atoms with Crippen LogP contribution in [-0.2, 0) is 23.9 Å². The Morgan fingerprint density at radius 1 is 1.27 bits per heavy atom. The average molecular weight is 341 g/mol. The predicted molar refractivity (Wildman–Crippen MR) is 80.8 cm³/mol. The van der Waals surface area contributed by atoms with E-state index in [1.165, 1.54) is 5.23 Å². The number of hydroxylamine groups is 2. The van der Waals surface area contributed by atoms with Gasteiger partial charge in [-0.15, -0.1) is 0 Å². The van der Waals surface area contributed by atoms with E-state index >= 15 is 0 Å². The second-order valence-electron chi connectivity index (χ2n) is 6.63. The Kier molecular flexibility index (Phi) is 2.96.